The number of amides is 1. The average Bonchev–Trinajstić information content (AvgIpc) is 2.67. The average molecular weight is 390 g/mol. The van der Waals surface area contributed by atoms with Gasteiger partial charge in [-0.1, -0.05) is 6.92 Å². The number of hydrogen-bond donors (Lipinski definition) is 1. The number of halogens is 2. The highest BCUT2D eigenvalue weighted by molar-refractivity contribution is 5.79. The van der Waals surface area contributed by atoms with Crippen molar-refractivity contribution in [2.75, 3.05) is 18.0 Å². The third-order valence-electron chi connectivity index (χ3n) is 4.91. The van der Waals surface area contributed by atoms with E-state index in [9.17, 15) is 18.4 Å². The number of carbonyl (C=O) groups is 1. The number of aromatic nitrogens is 2. The molecule has 1 amide bonds. The van der Waals surface area contributed by atoms with Crippen LogP contribution in [0.15, 0.2) is 35.3 Å². The molecule has 0 bridgehead atoms. The van der Waals surface area contributed by atoms with Gasteiger partial charge in [0.1, 0.15) is 11.6 Å². The van der Waals surface area contributed by atoms with E-state index in [1.807, 2.05) is 6.92 Å². The number of benzene rings is 1. The number of anilines is 1. The maximum atomic E-state index is 13.2. The molecule has 0 unspecified atom stereocenters. The van der Waals surface area contributed by atoms with Crippen molar-refractivity contribution in [3.05, 3.63) is 58.0 Å². The summed E-state index contributed by atoms with van der Waals surface area (Å²) in [6, 6.07) is 4.80. The molecule has 0 atom stereocenters. The highest BCUT2D eigenvalue weighted by atomic mass is 19.1. The van der Waals surface area contributed by atoms with Gasteiger partial charge in [0.2, 0.25) is 5.91 Å². The Morgan fingerprint density at radius 2 is 1.86 bits per heavy atom. The number of aryl methyl sites for hydroxylation is 1. The van der Waals surface area contributed by atoms with E-state index in [2.05, 4.69) is 15.3 Å². The van der Waals surface area contributed by atoms with Gasteiger partial charge < -0.3 is 10.2 Å². The first kappa shape index (κ1) is 20.0. The molecule has 3 rings (SSSR count). The van der Waals surface area contributed by atoms with Gasteiger partial charge in [-0.25, -0.2) is 13.5 Å². The summed E-state index contributed by atoms with van der Waals surface area (Å²) in [4.78, 5) is 26.5. The third-order valence-corrected chi connectivity index (χ3v) is 4.91. The van der Waals surface area contributed by atoms with E-state index in [1.54, 1.807) is 12.3 Å². The second-order valence-corrected chi connectivity index (χ2v) is 7.03. The number of piperidine rings is 1. The van der Waals surface area contributed by atoms with Crippen LogP contribution in [0.25, 0.3) is 0 Å². The molecule has 1 saturated heterocycles. The molecule has 0 spiro atoms. The molecule has 28 heavy (non-hydrogen) atoms. The lowest BCUT2D eigenvalue weighted by Crippen LogP contribution is -2.41. The minimum absolute atomic E-state index is 0.0906. The van der Waals surface area contributed by atoms with Crippen molar-refractivity contribution in [3.8, 4) is 0 Å². The summed E-state index contributed by atoms with van der Waals surface area (Å²) in [5.74, 6) is -1.61. The number of nitrogens with zero attached hydrogens (tertiary/aromatic N) is 3. The Labute approximate surface area is 162 Å². The van der Waals surface area contributed by atoms with Crippen LogP contribution in [-0.2, 0) is 17.9 Å². The van der Waals surface area contributed by atoms with Gasteiger partial charge in [0.15, 0.2) is 0 Å². The highest BCUT2D eigenvalue weighted by Gasteiger charge is 2.25. The Bertz CT molecular complexity index is 872. The molecule has 6 nitrogen and oxygen atoms in total. The Morgan fingerprint density at radius 1 is 1.18 bits per heavy atom. The minimum Gasteiger partial charge on any atom is -0.370 e. The summed E-state index contributed by atoms with van der Waals surface area (Å²) >= 11 is 0. The second kappa shape index (κ2) is 8.95. The number of hydrogen-bond acceptors (Lipinski definition) is 4. The van der Waals surface area contributed by atoms with E-state index < -0.39 is 11.6 Å². The van der Waals surface area contributed by atoms with Crippen LogP contribution in [0.4, 0.5) is 14.5 Å². The molecule has 2 aromatic rings. The molecule has 1 aromatic heterocycles. The zero-order valence-electron chi connectivity index (χ0n) is 15.8. The minimum atomic E-state index is -0.660. The molecular formula is C20H24F2N4O2. The second-order valence-electron chi connectivity index (χ2n) is 7.03. The maximum Gasteiger partial charge on any atom is 0.268 e. The summed E-state index contributed by atoms with van der Waals surface area (Å²) in [6.45, 7) is 3.96. The fraction of sp³-hybridized carbons (Fsp3) is 0.450. The van der Waals surface area contributed by atoms with Crippen molar-refractivity contribution in [3.63, 3.8) is 0 Å². The van der Waals surface area contributed by atoms with Crippen molar-refractivity contribution in [1.29, 1.82) is 0 Å². The molecule has 0 aliphatic carbocycles. The van der Waals surface area contributed by atoms with Gasteiger partial charge in [-0.05, 0) is 37.0 Å². The smallest absolute Gasteiger partial charge is 0.268 e. The fourth-order valence-electron chi connectivity index (χ4n) is 3.42. The largest absolute Gasteiger partial charge is 0.370 e. The highest BCUT2D eigenvalue weighted by Crippen LogP contribution is 2.22. The number of rotatable bonds is 6. The van der Waals surface area contributed by atoms with Crippen LogP contribution in [-0.4, -0.2) is 28.8 Å². The van der Waals surface area contributed by atoms with Crippen LogP contribution in [0.2, 0.25) is 0 Å². The van der Waals surface area contributed by atoms with E-state index in [0.717, 1.165) is 18.2 Å². The topological polar surface area (TPSA) is 67.2 Å². The first-order valence-corrected chi connectivity index (χ1v) is 9.51. The molecule has 0 radical (unpaired) electrons. The van der Waals surface area contributed by atoms with E-state index in [0.29, 0.717) is 38.0 Å². The first-order chi connectivity index (χ1) is 13.5. The fourth-order valence-corrected chi connectivity index (χ4v) is 3.42. The van der Waals surface area contributed by atoms with E-state index in [1.165, 1.54) is 16.8 Å². The summed E-state index contributed by atoms with van der Waals surface area (Å²) in [5, 5.41) is 6.95. The SMILES string of the molecule is CCCn1ncc(N2CCC(C(=O)NCc3cc(F)cc(F)c3)CC2)cc1=O. The van der Waals surface area contributed by atoms with Crippen molar-refractivity contribution in [2.24, 2.45) is 5.92 Å². The molecule has 1 N–H and O–H groups in total. The van der Waals surface area contributed by atoms with Gasteiger partial charge >= 0.3 is 0 Å². The molecule has 1 aliphatic rings. The quantitative estimate of drug-likeness (QED) is 0.823. The molecule has 1 fully saturated rings. The van der Waals surface area contributed by atoms with E-state index >= 15 is 0 Å². The molecule has 1 aromatic carbocycles. The van der Waals surface area contributed by atoms with Crippen molar-refractivity contribution < 1.29 is 13.6 Å². The van der Waals surface area contributed by atoms with Gasteiger partial charge in [0, 0.05) is 44.2 Å². The number of carbonyl (C=O) groups excluding carboxylic acids is 1. The molecule has 1 aliphatic heterocycles. The van der Waals surface area contributed by atoms with Gasteiger partial charge in [0.25, 0.3) is 5.56 Å². The lowest BCUT2D eigenvalue weighted by molar-refractivity contribution is -0.125. The van der Waals surface area contributed by atoms with Crippen molar-refractivity contribution in [1.82, 2.24) is 15.1 Å². The molecule has 0 saturated carbocycles. The van der Waals surface area contributed by atoms with Crippen LogP contribution in [0, 0.1) is 17.6 Å². The zero-order valence-corrected chi connectivity index (χ0v) is 15.8. The van der Waals surface area contributed by atoms with Crippen molar-refractivity contribution in [2.45, 2.75) is 39.3 Å². The predicted molar refractivity (Wildman–Crippen MR) is 102 cm³/mol. The molecule has 150 valence electrons. The van der Waals surface area contributed by atoms with Crippen LogP contribution in [0.1, 0.15) is 31.7 Å². The lowest BCUT2D eigenvalue weighted by Gasteiger charge is -2.32. The molecule has 8 heteroatoms. The summed E-state index contributed by atoms with van der Waals surface area (Å²) in [5.41, 5.74) is 1.04. The predicted octanol–water partition coefficient (Wildman–Crippen LogP) is 2.46. The molecular weight excluding hydrogens is 366 g/mol. The monoisotopic (exact) mass is 390 g/mol. The Morgan fingerprint density at radius 3 is 2.46 bits per heavy atom. The standard InChI is InChI=1S/C20H24F2N4O2/c1-2-5-26-19(27)11-18(13-24-26)25-6-3-15(4-7-25)20(28)23-12-14-8-16(21)10-17(22)9-14/h8-11,13,15H,2-7,12H2,1H3,(H,23,28). The third kappa shape index (κ3) is 4.94. The normalized spacial score (nSPS) is 14.9. The van der Waals surface area contributed by atoms with Crippen LogP contribution in [0.3, 0.4) is 0 Å². The Hall–Kier alpha value is -2.77. The number of nitrogens with one attached hydrogen (secondary N) is 1. The van der Waals surface area contributed by atoms with Crippen molar-refractivity contribution >= 4 is 11.6 Å². The van der Waals surface area contributed by atoms with Gasteiger partial charge in [-0.3, -0.25) is 9.59 Å². The Kier molecular flexibility index (Phi) is 6.38. The van der Waals surface area contributed by atoms with Crippen LogP contribution >= 0.6 is 0 Å². The van der Waals surface area contributed by atoms with Crippen LogP contribution < -0.4 is 15.8 Å². The van der Waals surface area contributed by atoms with Gasteiger partial charge in [-0.2, -0.15) is 5.10 Å². The molecule has 2 heterocycles. The van der Waals surface area contributed by atoms with E-state index in [-0.39, 0.29) is 23.9 Å². The summed E-state index contributed by atoms with van der Waals surface area (Å²) in [6.07, 6.45) is 3.81. The summed E-state index contributed by atoms with van der Waals surface area (Å²) < 4.78 is 27.9. The van der Waals surface area contributed by atoms with Gasteiger partial charge in [0.05, 0.1) is 11.9 Å². The summed E-state index contributed by atoms with van der Waals surface area (Å²) in [7, 11) is 0. The van der Waals surface area contributed by atoms with Crippen LogP contribution in [0.5, 0.6) is 0 Å². The first-order valence-electron chi connectivity index (χ1n) is 9.51. The maximum absolute atomic E-state index is 13.2. The lowest BCUT2D eigenvalue weighted by atomic mass is 9.95. The zero-order chi connectivity index (χ0) is 20.1. The van der Waals surface area contributed by atoms with E-state index in [4.69, 9.17) is 0 Å². The Balaban J connectivity index is 1.52. The van der Waals surface area contributed by atoms with Gasteiger partial charge in [-0.15, -0.1) is 0 Å².